The molecule has 5 nitrogen and oxygen atoms in total. The van der Waals surface area contributed by atoms with E-state index in [9.17, 15) is 27.2 Å². The number of carbonyl (C=O) groups is 2. The molecule has 9 heteroatoms. The van der Waals surface area contributed by atoms with Crippen LogP contribution >= 0.6 is 0 Å². The number of halogens is 4. The smallest absolute Gasteiger partial charge is 0.258 e. The van der Waals surface area contributed by atoms with Gasteiger partial charge in [-0.15, -0.1) is 0 Å². The van der Waals surface area contributed by atoms with Gasteiger partial charge < -0.3 is 15.4 Å². The summed E-state index contributed by atoms with van der Waals surface area (Å²) in [4.78, 5) is 23.1. The lowest BCUT2D eigenvalue weighted by molar-refractivity contribution is -0.125. The molecular weight excluding hydrogens is 344 g/mol. The quantitative estimate of drug-likeness (QED) is 0.617. The molecule has 2 aromatic carbocycles. The fourth-order valence-corrected chi connectivity index (χ4v) is 1.73. The van der Waals surface area contributed by atoms with Gasteiger partial charge in [-0.1, -0.05) is 0 Å². The van der Waals surface area contributed by atoms with Crippen LogP contribution in [-0.2, 0) is 9.59 Å². The van der Waals surface area contributed by atoms with E-state index in [1.807, 2.05) is 5.32 Å². The van der Waals surface area contributed by atoms with E-state index in [1.165, 1.54) is 12.1 Å². The van der Waals surface area contributed by atoms with Crippen LogP contribution in [0.1, 0.15) is 0 Å². The number of hydrogen-bond donors (Lipinski definition) is 2. The van der Waals surface area contributed by atoms with Crippen LogP contribution in [0, 0.1) is 23.3 Å². The Morgan fingerprint density at radius 3 is 2.24 bits per heavy atom. The lowest BCUT2D eigenvalue weighted by atomic mass is 10.2. The monoisotopic (exact) mass is 356 g/mol. The Morgan fingerprint density at radius 2 is 1.56 bits per heavy atom. The van der Waals surface area contributed by atoms with E-state index in [4.69, 9.17) is 4.74 Å². The summed E-state index contributed by atoms with van der Waals surface area (Å²) in [5.74, 6) is -6.36. The summed E-state index contributed by atoms with van der Waals surface area (Å²) < 4.78 is 57.0. The lowest BCUT2D eigenvalue weighted by Gasteiger charge is -2.09. The van der Waals surface area contributed by atoms with Gasteiger partial charge in [0.05, 0.1) is 12.2 Å². The Morgan fingerprint density at radius 1 is 0.880 bits per heavy atom. The Labute approximate surface area is 139 Å². The van der Waals surface area contributed by atoms with Crippen LogP contribution in [0.3, 0.4) is 0 Å². The average Bonchev–Trinajstić information content (AvgIpc) is 2.60. The lowest BCUT2D eigenvalue weighted by Crippen LogP contribution is -2.36. The third-order valence-corrected chi connectivity index (χ3v) is 2.94. The molecule has 0 aliphatic heterocycles. The fourth-order valence-electron chi connectivity index (χ4n) is 1.73. The molecule has 0 heterocycles. The number of nitrogens with one attached hydrogen (secondary N) is 2. The van der Waals surface area contributed by atoms with Gasteiger partial charge in [-0.2, -0.15) is 0 Å². The molecule has 0 bridgehead atoms. The van der Waals surface area contributed by atoms with E-state index >= 15 is 0 Å². The van der Waals surface area contributed by atoms with Crippen molar-refractivity contribution in [3.8, 4) is 5.75 Å². The first-order valence-corrected chi connectivity index (χ1v) is 6.95. The first-order chi connectivity index (χ1) is 11.9. The largest absolute Gasteiger partial charge is 0.484 e. The maximum atomic E-state index is 13.4. The second-order valence-corrected chi connectivity index (χ2v) is 4.79. The normalized spacial score (nSPS) is 10.2. The molecule has 0 saturated heterocycles. The van der Waals surface area contributed by atoms with Gasteiger partial charge in [-0.05, 0) is 36.4 Å². The van der Waals surface area contributed by atoms with Crippen LogP contribution in [0.25, 0.3) is 0 Å². The van der Waals surface area contributed by atoms with Crippen molar-refractivity contribution in [1.29, 1.82) is 0 Å². The molecule has 0 fully saturated rings. The van der Waals surface area contributed by atoms with E-state index in [2.05, 4.69) is 5.32 Å². The van der Waals surface area contributed by atoms with Crippen LogP contribution in [0.5, 0.6) is 5.75 Å². The Hall–Kier alpha value is -3.10. The second kappa shape index (κ2) is 8.13. The molecule has 2 N–H and O–H groups in total. The summed E-state index contributed by atoms with van der Waals surface area (Å²) in [7, 11) is 0. The predicted molar refractivity (Wildman–Crippen MR) is 79.9 cm³/mol. The maximum Gasteiger partial charge on any atom is 0.258 e. The van der Waals surface area contributed by atoms with Gasteiger partial charge in [-0.3, -0.25) is 9.59 Å². The van der Waals surface area contributed by atoms with Crippen LogP contribution in [0.2, 0.25) is 0 Å². The minimum Gasteiger partial charge on any atom is -0.484 e. The average molecular weight is 356 g/mol. The second-order valence-electron chi connectivity index (χ2n) is 4.79. The van der Waals surface area contributed by atoms with Crippen LogP contribution < -0.4 is 15.4 Å². The molecule has 132 valence electrons. The van der Waals surface area contributed by atoms with Crippen molar-refractivity contribution in [2.45, 2.75) is 0 Å². The fraction of sp³-hybridized carbons (Fsp3) is 0.125. The van der Waals surface area contributed by atoms with Crippen LogP contribution in [0.4, 0.5) is 23.2 Å². The molecule has 0 aliphatic rings. The van der Waals surface area contributed by atoms with Gasteiger partial charge in [-0.25, -0.2) is 17.6 Å². The molecule has 0 unspecified atom stereocenters. The zero-order valence-corrected chi connectivity index (χ0v) is 12.6. The minimum atomic E-state index is -1.71. The van der Waals surface area contributed by atoms with Crippen molar-refractivity contribution in [3.05, 3.63) is 59.7 Å². The highest BCUT2D eigenvalue weighted by Gasteiger charge is 2.15. The summed E-state index contributed by atoms with van der Waals surface area (Å²) in [6, 6.07) is 6.45. The summed E-state index contributed by atoms with van der Waals surface area (Å²) in [5, 5.41) is 4.19. The molecule has 0 radical (unpaired) electrons. The molecule has 0 aromatic heterocycles. The molecule has 25 heavy (non-hydrogen) atoms. The van der Waals surface area contributed by atoms with E-state index in [0.29, 0.717) is 6.07 Å². The summed E-state index contributed by atoms with van der Waals surface area (Å²) in [6.45, 7) is -0.970. The Bertz CT molecular complexity index is 782. The van der Waals surface area contributed by atoms with Crippen molar-refractivity contribution in [1.82, 2.24) is 5.32 Å². The zero-order valence-electron chi connectivity index (χ0n) is 12.6. The highest BCUT2D eigenvalue weighted by atomic mass is 19.2. The van der Waals surface area contributed by atoms with Gasteiger partial charge in [0.15, 0.2) is 24.1 Å². The van der Waals surface area contributed by atoms with Gasteiger partial charge in [0.1, 0.15) is 11.6 Å². The number of benzene rings is 2. The van der Waals surface area contributed by atoms with Crippen LogP contribution in [-0.4, -0.2) is 25.0 Å². The number of hydrogen-bond acceptors (Lipinski definition) is 3. The maximum absolute atomic E-state index is 13.4. The van der Waals surface area contributed by atoms with E-state index in [1.54, 1.807) is 0 Å². The molecule has 0 spiro atoms. The first-order valence-electron chi connectivity index (χ1n) is 6.95. The van der Waals surface area contributed by atoms with Crippen LogP contribution in [0.15, 0.2) is 36.4 Å². The van der Waals surface area contributed by atoms with Gasteiger partial charge in [0.25, 0.3) is 5.91 Å². The van der Waals surface area contributed by atoms with Crippen molar-refractivity contribution in [2.75, 3.05) is 18.5 Å². The van der Waals surface area contributed by atoms with Crippen molar-refractivity contribution < 1.29 is 31.9 Å². The van der Waals surface area contributed by atoms with E-state index in [-0.39, 0.29) is 5.75 Å². The molecule has 0 saturated carbocycles. The SMILES string of the molecule is O=C(COc1ccc(F)cc1)NCC(=O)Nc1ccc(F)c(F)c1F. The topological polar surface area (TPSA) is 67.4 Å². The number of anilines is 1. The van der Waals surface area contributed by atoms with Gasteiger partial charge in [0.2, 0.25) is 5.91 Å². The standard InChI is InChI=1S/C16H12F4N2O3/c17-9-1-3-10(4-2-9)25-8-14(24)21-7-13(23)22-12-6-5-11(18)15(19)16(12)20/h1-6H,7-8H2,(H,21,24)(H,22,23). The Kier molecular flexibility index (Phi) is 5.93. The molecule has 2 amide bonds. The third kappa shape index (κ3) is 5.20. The molecule has 0 atom stereocenters. The first kappa shape index (κ1) is 18.2. The highest BCUT2D eigenvalue weighted by molar-refractivity contribution is 5.94. The van der Waals surface area contributed by atoms with E-state index in [0.717, 1.165) is 18.2 Å². The summed E-state index contributed by atoms with van der Waals surface area (Å²) in [5.41, 5.74) is -0.555. The van der Waals surface area contributed by atoms with Crippen molar-refractivity contribution >= 4 is 17.5 Å². The molecule has 2 rings (SSSR count). The Balaban J connectivity index is 1.78. The van der Waals surface area contributed by atoms with Gasteiger partial charge in [0, 0.05) is 0 Å². The predicted octanol–water partition coefficient (Wildman–Crippen LogP) is 2.38. The highest BCUT2D eigenvalue weighted by Crippen LogP contribution is 2.19. The number of carbonyl (C=O) groups excluding carboxylic acids is 2. The van der Waals surface area contributed by atoms with Crippen molar-refractivity contribution in [3.63, 3.8) is 0 Å². The molecule has 2 aromatic rings. The van der Waals surface area contributed by atoms with Gasteiger partial charge >= 0.3 is 0 Å². The zero-order chi connectivity index (χ0) is 18.4. The summed E-state index contributed by atoms with van der Waals surface area (Å²) in [6.07, 6.45) is 0. The van der Waals surface area contributed by atoms with Crippen molar-refractivity contribution in [2.24, 2.45) is 0 Å². The molecular formula is C16H12F4N2O3. The number of amides is 2. The minimum absolute atomic E-state index is 0.254. The third-order valence-electron chi connectivity index (χ3n) is 2.94. The molecule has 0 aliphatic carbocycles. The summed E-state index contributed by atoms with van der Waals surface area (Å²) >= 11 is 0. The number of ether oxygens (including phenoxy) is 1. The van der Waals surface area contributed by atoms with E-state index < -0.39 is 53.9 Å². The number of rotatable bonds is 6.